The molecule has 0 aromatic carbocycles. The highest BCUT2D eigenvalue weighted by Crippen LogP contribution is 2.15. The molecule has 0 aromatic rings. The van der Waals surface area contributed by atoms with E-state index in [0.29, 0.717) is 12.8 Å². The third-order valence-electron chi connectivity index (χ3n) is 3.41. The van der Waals surface area contributed by atoms with Crippen molar-refractivity contribution in [3.63, 3.8) is 0 Å². The van der Waals surface area contributed by atoms with Gasteiger partial charge in [-0.2, -0.15) is 5.26 Å². The van der Waals surface area contributed by atoms with Gasteiger partial charge in [-0.15, -0.1) is 0 Å². The van der Waals surface area contributed by atoms with Crippen LogP contribution in [0.5, 0.6) is 0 Å². The van der Waals surface area contributed by atoms with E-state index < -0.39 is 5.54 Å². The van der Waals surface area contributed by atoms with Gasteiger partial charge in [-0.1, -0.05) is 13.8 Å². The molecule has 1 heterocycles. The third-order valence-corrected chi connectivity index (χ3v) is 3.41. The Morgan fingerprint density at radius 2 is 1.88 bits per heavy atom. The Morgan fingerprint density at radius 1 is 1.31 bits per heavy atom. The molecule has 0 aliphatic carbocycles. The molecule has 2 amide bonds. The molecular formula is C12H21N3O. The van der Waals surface area contributed by atoms with Crippen molar-refractivity contribution < 1.29 is 4.79 Å². The second-order valence-corrected chi connectivity index (χ2v) is 4.38. The molecule has 0 unspecified atom stereocenters. The topological polar surface area (TPSA) is 56.1 Å². The van der Waals surface area contributed by atoms with Gasteiger partial charge in [-0.3, -0.25) is 0 Å². The van der Waals surface area contributed by atoms with Crippen LogP contribution in [0.1, 0.15) is 46.0 Å². The fourth-order valence-corrected chi connectivity index (χ4v) is 1.99. The van der Waals surface area contributed by atoms with Crippen LogP contribution in [-0.2, 0) is 0 Å². The first-order valence-electron chi connectivity index (χ1n) is 6.16. The van der Waals surface area contributed by atoms with Crippen molar-refractivity contribution in [2.24, 2.45) is 0 Å². The molecule has 1 aliphatic heterocycles. The zero-order valence-corrected chi connectivity index (χ0v) is 10.3. The van der Waals surface area contributed by atoms with Gasteiger partial charge in [0.2, 0.25) is 0 Å². The minimum atomic E-state index is -0.686. The van der Waals surface area contributed by atoms with Crippen LogP contribution in [0.2, 0.25) is 0 Å². The summed E-state index contributed by atoms with van der Waals surface area (Å²) in [6.07, 6.45) is 4.66. The number of carbonyl (C=O) groups is 1. The summed E-state index contributed by atoms with van der Waals surface area (Å²) in [5, 5.41) is 12.0. The highest BCUT2D eigenvalue weighted by atomic mass is 16.2. The molecule has 0 spiro atoms. The molecule has 1 fully saturated rings. The Balaban J connectivity index is 2.57. The molecule has 16 heavy (non-hydrogen) atoms. The number of nitrogens with one attached hydrogen (secondary N) is 1. The summed E-state index contributed by atoms with van der Waals surface area (Å²) in [7, 11) is 0. The van der Waals surface area contributed by atoms with E-state index in [2.05, 4.69) is 11.4 Å². The van der Waals surface area contributed by atoms with Gasteiger partial charge in [-0.25, -0.2) is 4.79 Å². The van der Waals surface area contributed by atoms with E-state index in [9.17, 15) is 4.79 Å². The van der Waals surface area contributed by atoms with Crippen molar-refractivity contribution in [1.82, 2.24) is 10.2 Å². The normalized spacial score (nSPS) is 16.7. The van der Waals surface area contributed by atoms with Crippen LogP contribution >= 0.6 is 0 Å². The van der Waals surface area contributed by atoms with Crippen LogP contribution in [0.4, 0.5) is 4.79 Å². The molecule has 1 saturated heterocycles. The van der Waals surface area contributed by atoms with E-state index in [4.69, 9.17) is 5.26 Å². The second kappa shape index (κ2) is 5.74. The lowest BCUT2D eigenvalue weighted by molar-refractivity contribution is 0.176. The van der Waals surface area contributed by atoms with Gasteiger partial charge in [0.15, 0.2) is 0 Å². The minimum absolute atomic E-state index is 0.0787. The first-order valence-corrected chi connectivity index (χ1v) is 6.16. The van der Waals surface area contributed by atoms with E-state index in [1.807, 2.05) is 18.7 Å². The van der Waals surface area contributed by atoms with Crippen LogP contribution in [0, 0.1) is 11.3 Å². The van der Waals surface area contributed by atoms with Gasteiger partial charge in [0.1, 0.15) is 5.54 Å². The Labute approximate surface area is 97.6 Å². The summed E-state index contributed by atoms with van der Waals surface area (Å²) >= 11 is 0. The molecule has 0 atom stereocenters. The molecule has 4 heteroatoms. The third kappa shape index (κ3) is 2.88. The SMILES string of the molecule is CCC(C#N)(CC)NC(=O)N1CCCCC1. The Kier molecular flexibility index (Phi) is 4.60. The molecule has 0 radical (unpaired) electrons. The smallest absolute Gasteiger partial charge is 0.318 e. The van der Waals surface area contributed by atoms with E-state index in [-0.39, 0.29) is 6.03 Å². The number of hydrogen-bond donors (Lipinski definition) is 1. The summed E-state index contributed by atoms with van der Waals surface area (Å²) in [6, 6.07) is 2.15. The van der Waals surface area contributed by atoms with Gasteiger partial charge in [0, 0.05) is 13.1 Å². The van der Waals surface area contributed by atoms with Crippen LogP contribution in [0.25, 0.3) is 0 Å². The van der Waals surface area contributed by atoms with Gasteiger partial charge >= 0.3 is 6.03 Å². The Hall–Kier alpha value is -1.24. The second-order valence-electron chi connectivity index (χ2n) is 4.38. The molecule has 90 valence electrons. The fourth-order valence-electron chi connectivity index (χ4n) is 1.99. The quantitative estimate of drug-likeness (QED) is 0.798. The molecule has 0 aromatic heterocycles. The minimum Gasteiger partial charge on any atom is -0.325 e. The van der Waals surface area contributed by atoms with E-state index in [1.54, 1.807) is 0 Å². The lowest BCUT2D eigenvalue weighted by Crippen LogP contribution is -2.53. The molecule has 1 rings (SSSR count). The number of amides is 2. The maximum absolute atomic E-state index is 12.0. The van der Waals surface area contributed by atoms with Gasteiger partial charge in [-0.05, 0) is 32.1 Å². The zero-order valence-electron chi connectivity index (χ0n) is 10.3. The lowest BCUT2D eigenvalue weighted by atomic mass is 9.95. The summed E-state index contributed by atoms with van der Waals surface area (Å²) in [6.45, 7) is 5.51. The summed E-state index contributed by atoms with van der Waals surface area (Å²) in [5.41, 5.74) is -0.686. The number of hydrogen-bond acceptors (Lipinski definition) is 2. The molecule has 4 nitrogen and oxygen atoms in total. The molecule has 0 bridgehead atoms. The Morgan fingerprint density at radius 3 is 2.31 bits per heavy atom. The fraction of sp³-hybridized carbons (Fsp3) is 0.833. The van der Waals surface area contributed by atoms with E-state index in [0.717, 1.165) is 25.9 Å². The molecular weight excluding hydrogens is 202 g/mol. The first-order chi connectivity index (χ1) is 7.67. The van der Waals surface area contributed by atoms with Crippen molar-refractivity contribution in [3.8, 4) is 6.07 Å². The maximum atomic E-state index is 12.0. The molecule has 1 N–H and O–H groups in total. The zero-order chi connectivity index (χ0) is 12.0. The van der Waals surface area contributed by atoms with E-state index >= 15 is 0 Å². The number of urea groups is 1. The lowest BCUT2D eigenvalue weighted by Gasteiger charge is -2.32. The predicted molar refractivity (Wildman–Crippen MR) is 62.9 cm³/mol. The van der Waals surface area contributed by atoms with Crippen molar-refractivity contribution in [1.29, 1.82) is 5.26 Å². The monoisotopic (exact) mass is 223 g/mol. The largest absolute Gasteiger partial charge is 0.325 e. The number of nitriles is 1. The van der Waals surface area contributed by atoms with Gasteiger partial charge < -0.3 is 10.2 Å². The number of piperidine rings is 1. The van der Waals surface area contributed by atoms with Gasteiger partial charge in [0.05, 0.1) is 6.07 Å². The molecule has 0 saturated carbocycles. The summed E-state index contributed by atoms with van der Waals surface area (Å²) in [5.74, 6) is 0. The highest BCUT2D eigenvalue weighted by molar-refractivity contribution is 5.75. The Bertz CT molecular complexity index is 272. The maximum Gasteiger partial charge on any atom is 0.318 e. The van der Waals surface area contributed by atoms with Crippen molar-refractivity contribution in [2.45, 2.75) is 51.5 Å². The van der Waals surface area contributed by atoms with E-state index in [1.165, 1.54) is 6.42 Å². The predicted octanol–water partition coefficient (Wildman–Crippen LogP) is 2.26. The van der Waals surface area contributed by atoms with Crippen LogP contribution < -0.4 is 5.32 Å². The van der Waals surface area contributed by atoms with Crippen molar-refractivity contribution in [2.75, 3.05) is 13.1 Å². The number of carbonyl (C=O) groups excluding carboxylic acids is 1. The first kappa shape index (κ1) is 12.8. The van der Waals surface area contributed by atoms with Crippen LogP contribution in [-0.4, -0.2) is 29.6 Å². The number of rotatable bonds is 3. The average Bonchev–Trinajstić information content (AvgIpc) is 2.37. The summed E-state index contributed by atoms with van der Waals surface area (Å²) in [4.78, 5) is 13.8. The van der Waals surface area contributed by atoms with Crippen molar-refractivity contribution >= 4 is 6.03 Å². The average molecular weight is 223 g/mol. The standard InChI is InChI=1S/C12H21N3O/c1-3-12(4-2,10-13)14-11(16)15-8-6-5-7-9-15/h3-9H2,1-2H3,(H,14,16). The van der Waals surface area contributed by atoms with Crippen molar-refractivity contribution in [3.05, 3.63) is 0 Å². The van der Waals surface area contributed by atoms with Crippen LogP contribution in [0.15, 0.2) is 0 Å². The summed E-state index contributed by atoms with van der Waals surface area (Å²) < 4.78 is 0. The highest BCUT2D eigenvalue weighted by Gasteiger charge is 2.30. The van der Waals surface area contributed by atoms with Crippen LogP contribution in [0.3, 0.4) is 0 Å². The number of nitrogens with zero attached hydrogens (tertiary/aromatic N) is 2. The number of likely N-dealkylation sites (tertiary alicyclic amines) is 1. The molecule has 1 aliphatic rings. The van der Waals surface area contributed by atoms with Gasteiger partial charge in [0.25, 0.3) is 0 Å².